The van der Waals surface area contributed by atoms with Gasteiger partial charge in [-0.25, -0.2) is 13.4 Å². The van der Waals surface area contributed by atoms with Gasteiger partial charge in [0.05, 0.1) is 40.1 Å². The number of hydrogen-bond donors (Lipinski definition) is 1. The van der Waals surface area contributed by atoms with Gasteiger partial charge in [0.15, 0.2) is 0 Å². The van der Waals surface area contributed by atoms with E-state index in [2.05, 4.69) is 10.3 Å². The molecule has 10 nitrogen and oxygen atoms in total. The molecule has 15 heteroatoms. The number of fused-ring (bicyclic) bond motifs is 2. The molecule has 0 amide bonds. The predicted octanol–water partition coefficient (Wildman–Crippen LogP) is 1.56. The molecule has 1 aliphatic carbocycles. The Balaban J connectivity index is 0.00000292. The smallest absolute Gasteiger partial charge is 0.744 e. The number of aromatic carboxylic acids is 1. The van der Waals surface area contributed by atoms with Gasteiger partial charge in [0.2, 0.25) is 0 Å². The molecule has 0 atom stereocenters. The van der Waals surface area contributed by atoms with Crippen molar-refractivity contribution < 1.29 is 95.9 Å². The van der Waals surface area contributed by atoms with Crippen LogP contribution < -0.4 is 84.4 Å². The molecule has 4 aromatic carbocycles. The van der Waals surface area contributed by atoms with E-state index >= 15 is 0 Å². The minimum absolute atomic E-state index is 0. The predicted molar refractivity (Wildman–Crippen MR) is 184 cm³/mol. The second-order valence-corrected chi connectivity index (χ2v) is 12.8. The van der Waals surface area contributed by atoms with Crippen LogP contribution in [0, 0.1) is 0 Å². The van der Waals surface area contributed by atoms with E-state index in [0.29, 0.717) is 34.4 Å². The van der Waals surface area contributed by atoms with Gasteiger partial charge in [-0.3, -0.25) is 0 Å². The van der Waals surface area contributed by atoms with Crippen LogP contribution in [0.2, 0.25) is 10.0 Å². The molecule has 0 spiro atoms. The average Bonchev–Trinajstić information content (AvgIpc) is 3.06. The van der Waals surface area contributed by atoms with E-state index in [0.717, 1.165) is 17.5 Å². The summed E-state index contributed by atoms with van der Waals surface area (Å²) in [6, 6.07) is 24.4. The van der Waals surface area contributed by atoms with E-state index in [1.54, 1.807) is 43.3 Å². The van der Waals surface area contributed by atoms with E-state index in [-0.39, 0.29) is 109 Å². The third kappa shape index (κ3) is 8.94. The molecule has 1 heterocycles. The van der Waals surface area contributed by atoms with E-state index in [1.807, 2.05) is 31.2 Å². The molecule has 51 heavy (non-hydrogen) atoms. The van der Waals surface area contributed by atoms with Gasteiger partial charge >= 0.3 is 59.1 Å². The number of rotatable bonds is 10. The summed E-state index contributed by atoms with van der Waals surface area (Å²) in [6.07, 6.45) is 0. The van der Waals surface area contributed by atoms with Crippen LogP contribution in [0.3, 0.4) is 0 Å². The molecule has 250 valence electrons. The quantitative estimate of drug-likeness (QED) is 0.125. The summed E-state index contributed by atoms with van der Waals surface area (Å²) >= 11 is 13.0. The number of carboxylic acid groups (broad SMARTS) is 1. The Bertz CT molecular complexity index is 2390. The zero-order valence-corrected chi connectivity index (χ0v) is 34.3. The zero-order valence-electron chi connectivity index (χ0n) is 28.0. The first kappa shape index (κ1) is 40.7. The number of halogens is 2. The number of nitrogens with one attached hydrogen (secondary N) is 1. The molecule has 0 bridgehead atoms. The van der Waals surface area contributed by atoms with Crippen LogP contribution in [0.25, 0.3) is 33.4 Å². The molecule has 0 saturated carbocycles. The summed E-state index contributed by atoms with van der Waals surface area (Å²) in [7, 11) is -4.92. The normalized spacial score (nSPS) is 11.5. The van der Waals surface area contributed by atoms with Crippen LogP contribution in [-0.2, 0) is 10.1 Å². The second kappa shape index (κ2) is 17.2. The van der Waals surface area contributed by atoms with Gasteiger partial charge < -0.3 is 33.7 Å². The molecule has 0 fully saturated rings. The van der Waals surface area contributed by atoms with Crippen LogP contribution in [0.5, 0.6) is 11.5 Å². The van der Waals surface area contributed by atoms with Gasteiger partial charge in [-0.15, -0.1) is 0 Å². The van der Waals surface area contributed by atoms with Gasteiger partial charge in [-0.1, -0.05) is 23.2 Å². The molecule has 0 saturated heterocycles. The van der Waals surface area contributed by atoms with Gasteiger partial charge in [-0.2, -0.15) is 0 Å². The third-order valence-corrected chi connectivity index (χ3v) is 8.97. The maximum atomic E-state index is 12.4. The molecule has 1 aliphatic heterocycles. The summed E-state index contributed by atoms with van der Waals surface area (Å²) in [5, 5.41) is 16.5. The van der Waals surface area contributed by atoms with Crippen molar-refractivity contribution >= 4 is 67.3 Å². The van der Waals surface area contributed by atoms with Crippen LogP contribution in [0.15, 0.2) is 105 Å². The van der Waals surface area contributed by atoms with E-state index < -0.39 is 21.0 Å². The van der Waals surface area contributed by atoms with Crippen molar-refractivity contribution in [2.24, 2.45) is 4.99 Å². The van der Waals surface area contributed by atoms with Gasteiger partial charge in [0.25, 0.3) is 0 Å². The molecule has 1 N–H and O–H groups in total. The van der Waals surface area contributed by atoms with Crippen molar-refractivity contribution in [2.45, 2.75) is 18.7 Å². The number of carbonyl (C=O) groups excluding carboxylic acids is 1. The molecule has 0 aromatic heterocycles. The molecule has 4 aromatic rings. The fraction of sp³-hybridized carbons (Fsp3) is 0.111. The minimum Gasteiger partial charge on any atom is -0.744 e. The number of benzene rings is 5. The summed E-state index contributed by atoms with van der Waals surface area (Å²) in [5.41, 5.74) is 2.37. The maximum absolute atomic E-state index is 12.4. The molecule has 2 aliphatic rings. The first-order chi connectivity index (χ1) is 23.5. The van der Waals surface area contributed by atoms with Crippen molar-refractivity contribution in [3.8, 4) is 33.9 Å². The number of anilines is 2. The number of ether oxygens (including phenoxy) is 2. The fourth-order valence-corrected chi connectivity index (χ4v) is 6.56. The van der Waals surface area contributed by atoms with Crippen LogP contribution in [0.1, 0.15) is 24.2 Å². The second-order valence-electron chi connectivity index (χ2n) is 10.6. The Morgan fingerprint density at radius 1 is 0.804 bits per heavy atom. The molecule has 0 unspecified atom stereocenters. The van der Waals surface area contributed by atoms with E-state index in [9.17, 15) is 22.9 Å². The monoisotopic (exact) mass is 762 g/mol. The Morgan fingerprint density at radius 3 is 2.12 bits per heavy atom. The number of hydrogen-bond acceptors (Lipinski definition) is 10. The Labute approximate surface area is 348 Å². The topological polar surface area (TPSA) is 153 Å². The largest absolute Gasteiger partial charge is 1.00 e. The summed E-state index contributed by atoms with van der Waals surface area (Å²) in [5.74, 6) is -0.338. The number of carboxylic acids is 1. The zero-order chi connectivity index (χ0) is 34.9. The van der Waals surface area contributed by atoms with Crippen molar-refractivity contribution in [1.29, 1.82) is 0 Å². The summed E-state index contributed by atoms with van der Waals surface area (Å²) in [4.78, 5) is 16.3. The van der Waals surface area contributed by atoms with E-state index in [1.165, 1.54) is 24.3 Å². The standard InChI is InChI=1S/C36H28Cl2N2O8S.2Na/c1-3-46-23-9-5-20(6-10-23)39-21-7-12-25-30(17-21)48-31-18-22(40-29-16-11-24(47-4-2)19-32(29)49(43,44)45)8-13-26(31)33(25)34-27(37)14-15-28(38)35(34)36(41)42;;/h5-19,39H,3-4H2,1-2H3,(H,41,42)(H,43,44,45);;/q;2*+1/p-2. The van der Waals surface area contributed by atoms with Crippen LogP contribution >= 0.6 is 23.2 Å². The summed E-state index contributed by atoms with van der Waals surface area (Å²) < 4.78 is 53.7. The maximum Gasteiger partial charge on any atom is 1.00 e. The SMILES string of the molecule is CCOc1ccc(Nc2ccc3c(-c4c(Cl)ccc(Cl)c4C(=O)[O-])c4ccc(=Nc5ccc(OCC)cc5S(=O)(=O)[O-])cc-4oc3c2)cc1.[Na+].[Na+]. The van der Waals surface area contributed by atoms with Crippen molar-refractivity contribution in [1.82, 2.24) is 0 Å². The van der Waals surface area contributed by atoms with Crippen molar-refractivity contribution in [2.75, 3.05) is 18.5 Å². The number of nitrogens with zero attached hydrogens (tertiary/aromatic N) is 1. The van der Waals surface area contributed by atoms with Gasteiger partial charge in [0.1, 0.15) is 33.0 Å². The first-order valence-electron chi connectivity index (χ1n) is 14.9. The van der Waals surface area contributed by atoms with E-state index in [4.69, 9.17) is 37.1 Å². The number of carbonyl (C=O) groups is 1. The van der Waals surface area contributed by atoms with Crippen molar-refractivity contribution in [3.63, 3.8) is 0 Å². The molecular formula is C36H26Cl2N2Na2O8S. The fourth-order valence-electron chi connectivity index (χ4n) is 5.44. The Hall–Kier alpha value is -3.07. The summed E-state index contributed by atoms with van der Waals surface area (Å²) in [6.45, 7) is 4.44. The van der Waals surface area contributed by atoms with Crippen LogP contribution in [-0.4, -0.2) is 32.2 Å². The van der Waals surface area contributed by atoms with Gasteiger partial charge in [0, 0.05) is 56.2 Å². The Kier molecular flexibility index (Phi) is 13.7. The van der Waals surface area contributed by atoms with Gasteiger partial charge in [-0.05, 0) is 92.7 Å². The molecule has 0 radical (unpaired) electrons. The van der Waals surface area contributed by atoms with Crippen molar-refractivity contribution in [3.05, 3.63) is 112 Å². The average molecular weight is 764 g/mol. The minimum atomic E-state index is -4.92. The molecule has 6 rings (SSSR count). The molecular weight excluding hydrogens is 737 g/mol. The third-order valence-electron chi connectivity index (χ3n) is 7.48. The van der Waals surface area contributed by atoms with Crippen LogP contribution in [0.4, 0.5) is 17.1 Å². The first-order valence-corrected chi connectivity index (χ1v) is 17.1. The Morgan fingerprint density at radius 2 is 1.45 bits per heavy atom.